The highest BCUT2D eigenvalue weighted by Crippen LogP contribution is 2.30. The fraction of sp³-hybridized carbons (Fsp3) is 0.316. The minimum absolute atomic E-state index is 0.0403. The fourth-order valence-electron chi connectivity index (χ4n) is 2.89. The lowest BCUT2D eigenvalue weighted by atomic mass is 9.97. The molecule has 1 aliphatic rings. The molecule has 1 amide bonds. The number of hydrogen-bond donors (Lipinski definition) is 1. The predicted molar refractivity (Wildman–Crippen MR) is 91.8 cm³/mol. The van der Waals surface area contributed by atoms with Crippen molar-refractivity contribution in [3.8, 4) is 11.5 Å². The van der Waals surface area contributed by atoms with Crippen LogP contribution in [0, 0.1) is 5.92 Å². The summed E-state index contributed by atoms with van der Waals surface area (Å²) in [5, 5.41) is 3.03. The molecule has 1 fully saturated rings. The van der Waals surface area contributed by atoms with E-state index >= 15 is 0 Å². The first-order valence-corrected chi connectivity index (χ1v) is 8.04. The zero-order valence-corrected chi connectivity index (χ0v) is 13.4. The van der Waals surface area contributed by atoms with Crippen molar-refractivity contribution < 1.29 is 9.53 Å². The Kier molecular flexibility index (Phi) is 4.93. The number of carbonyl (C=O) groups excluding carboxylic acids is 1. The van der Waals surface area contributed by atoms with Gasteiger partial charge in [0.15, 0.2) is 5.75 Å². The summed E-state index contributed by atoms with van der Waals surface area (Å²) in [5.74, 6) is 1.53. The second-order valence-corrected chi connectivity index (χ2v) is 6.00. The Bertz CT molecular complexity index is 657. The van der Waals surface area contributed by atoms with E-state index in [9.17, 15) is 4.79 Å². The topological polar surface area (TPSA) is 41.6 Å². The second kappa shape index (κ2) is 7.29. The van der Waals surface area contributed by atoms with Gasteiger partial charge < -0.3 is 15.0 Å². The molecule has 1 aliphatic heterocycles. The second-order valence-electron chi connectivity index (χ2n) is 6.00. The van der Waals surface area contributed by atoms with E-state index in [1.807, 2.05) is 54.6 Å². The lowest BCUT2D eigenvalue weighted by Gasteiger charge is -2.28. The molecule has 0 unspecified atom stereocenters. The third-order valence-electron chi connectivity index (χ3n) is 4.11. The fourth-order valence-corrected chi connectivity index (χ4v) is 2.89. The number of piperidine rings is 1. The standard InChI is InChI=1S/C19H22N2O2/c1-21-13-7-8-15(14-21)19(22)20-17-11-5-6-12-18(17)23-16-9-3-2-4-10-16/h2-6,9-12,15H,7-8,13-14H2,1H3,(H,20,22)/t15-/m0/s1. The maximum absolute atomic E-state index is 12.5. The number of para-hydroxylation sites is 3. The quantitative estimate of drug-likeness (QED) is 0.935. The molecule has 1 atom stereocenters. The van der Waals surface area contributed by atoms with Crippen LogP contribution in [0.4, 0.5) is 5.69 Å². The molecule has 1 N–H and O–H groups in total. The Hall–Kier alpha value is -2.33. The van der Waals surface area contributed by atoms with E-state index in [2.05, 4.69) is 17.3 Å². The molecule has 23 heavy (non-hydrogen) atoms. The van der Waals surface area contributed by atoms with E-state index in [0.29, 0.717) is 5.75 Å². The number of anilines is 1. The van der Waals surface area contributed by atoms with Gasteiger partial charge in [-0.25, -0.2) is 0 Å². The van der Waals surface area contributed by atoms with Crippen LogP contribution in [0.3, 0.4) is 0 Å². The third kappa shape index (κ3) is 4.11. The van der Waals surface area contributed by atoms with Gasteiger partial charge in [-0.15, -0.1) is 0 Å². The van der Waals surface area contributed by atoms with Crippen LogP contribution < -0.4 is 10.1 Å². The molecule has 120 valence electrons. The summed E-state index contributed by atoms with van der Waals surface area (Å²) in [6.07, 6.45) is 2.01. The highest BCUT2D eigenvalue weighted by Gasteiger charge is 2.24. The molecular weight excluding hydrogens is 288 g/mol. The molecule has 0 aromatic heterocycles. The van der Waals surface area contributed by atoms with Crippen molar-refractivity contribution in [3.05, 3.63) is 54.6 Å². The Morgan fingerprint density at radius 3 is 2.65 bits per heavy atom. The molecule has 3 rings (SSSR count). The first-order valence-electron chi connectivity index (χ1n) is 8.04. The van der Waals surface area contributed by atoms with Gasteiger partial charge in [0.05, 0.1) is 11.6 Å². The van der Waals surface area contributed by atoms with Crippen LogP contribution in [0.5, 0.6) is 11.5 Å². The number of likely N-dealkylation sites (tertiary alicyclic amines) is 1. The molecule has 0 bridgehead atoms. The average molecular weight is 310 g/mol. The van der Waals surface area contributed by atoms with Crippen molar-refractivity contribution in [1.82, 2.24) is 4.90 Å². The lowest BCUT2D eigenvalue weighted by molar-refractivity contribution is -0.121. The van der Waals surface area contributed by atoms with Crippen LogP contribution in [-0.4, -0.2) is 30.9 Å². The Morgan fingerprint density at radius 2 is 1.87 bits per heavy atom. The molecule has 1 saturated heterocycles. The van der Waals surface area contributed by atoms with Gasteiger partial charge in [0.25, 0.3) is 0 Å². The van der Waals surface area contributed by atoms with Crippen molar-refractivity contribution in [2.45, 2.75) is 12.8 Å². The van der Waals surface area contributed by atoms with Crippen LogP contribution in [0.2, 0.25) is 0 Å². The maximum atomic E-state index is 12.5. The highest BCUT2D eigenvalue weighted by molar-refractivity contribution is 5.94. The molecule has 0 saturated carbocycles. The molecule has 0 spiro atoms. The van der Waals surface area contributed by atoms with Crippen molar-refractivity contribution >= 4 is 11.6 Å². The summed E-state index contributed by atoms with van der Waals surface area (Å²) in [4.78, 5) is 14.7. The number of benzene rings is 2. The predicted octanol–water partition coefficient (Wildman–Crippen LogP) is 3.76. The van der Waals surface area contributed by atoms with Crippen LogP contribution in [0.1, 0.15) is 12.8 Å². The summed E-state index contributed by atoms with van der Waals surface area (Å²) < 4.78 is 5.89. The van der Waals surface area contributed by atoms with Gasteiger partial charge in [-0.05, 0) is 50.7 Å². The number of hydrogen-bond acceptors (Lipinski definition) is 3. The zero-order chi connectivity index (χ0) is 16.1. The van der Waals surface area contributed by atoms with E-state index in [4.69, 9.17) is 4.74 Å². The first-order chi connectivity index (χ1) is 11.2. The van der Waals surface area contributed by atoms with Gasteiger partial charge in [-0.3, -0.25) is 4.79 Å². The number of amides is 1. The van der Waals surface area contributed by atoms with E-state index < -0.39 is 0 Å². The van der Waals surface area contributed by atoms with Gasteiger partial charge in [0, 0.05) is 6.54 Å². The summed E-state index contributed by atoms with van der Waals surface area (Å²) >= 11 is 0. The smallest absolute Gasteiger partial charge is 0.228 e. The van der Waals surface area contributed by atoms with Crippen molar-refractivity contribution in [3.63, 3.8) is 0 Å². The Balaban J connectivity index is 1.71. The van der Waals surface area contributed by atoms with E-state index in [0.717, 1.165) is 37.4 Å². The summed E-state index contributed by atoms with van der Waals surface area (Å²) in [5.41, 5.74) is 0.717. The average Bonchev–Trinajstić information content (AvgIpc) is 2.57. The minimum Gasteiger partial charge on any atom is -0.455 e. The van der Waals surface area contributed by atoms with Crippen LogP contribution in [0.15, 0.2) is 54.6 Å². The minimum atomic E-state index is 0.0403. The van der Waals surface area contributed by atoms with Crippen LogP contribution >= 0.6 is 0 Å². The molecule has 1 heterocycles. The molecule has 2 aromatic carbocycles. The number of ether oxygens (including phenoxy) is 1. The normalized spacial score (nSPS) is 18.4. The SMILES string of the molecule is CN1CCC[C@H](C(=O)Nc2ccccc2Oc2ccccc2)C1. The Morgan fingerprint density at radius 1 is 1.13 bits per heavy atom. The van der Waals surface area contributed by atoms with Crippen LogP contribution in [-0.2, 0) is 4.79 Å². The summed E-state index contributed by atoms with van der Waals surface area (Å²) in [7, 11) is 2.06. The van der Waals surface area contributed by atoms with Gasteiger partial charge in [-0.2, -0.15) is 0 Å². The molecule has 4 nitrogen and oxygen atoms in total. The van der Waals surface area contributed by atoms with E-state index in [1.165, 1.54) is 0 Å². The van der Waals surface area contributed by atoms with Gasteiger partial charge in [0.1, 0.15) is 5.75 Å². The molecule has 0 aliphatic carbocycles. The van der Waals surface area contributed by atoms with Gasteiger partial charge >= 0.3 is 0 Å². The third-order valence-corrected chi connectivity index (χ3v) is 4.11. The molecule has 4 heteroatoms. The summed E-state index contributed by atoms with van der Waals surface area (Å²) in [6.45, 7) is 1.88. The number of nitrogens with one attached hydrogen (secondary N) is 1. The summed E-state index contributed by atoms with van der Waals surface area (Å²) in [6, 6.07) is 17.1. The van der Waals surface area contributed by atoms with E-state index in [-0.39, 0.29) is 11.8 Å². The van der Waals surface area contributed by atoms with Gasteiger partial charge in [0.2, 0.25) is 5.91 Å². The van der Waals surface area contributed by atoms with Gasteiger partial charge in [-0.1, -0.05) is 30.3 Å². The zero-order valence-electron chi connectivity index (χ0n) is 13.4. The maximum Gasteiger partial charge on any atom is 0.228 e. The number of carbonyl (C=O) groups is 1. The number of nitrogens with zero attached hydrogens (tertiary/aromatic N) is 1. The van der Waals surface area contributed by atoms with E-state index in [1.54, 1.807) is 0 Å². The van der Waals surface area contributed by atoms with Crippen molar-refractivity contribution in [1.29, 1.82) is 0 Å². The monoisotopic (exact) mass is 310 g/mol. The molecule has 2 aromatic rings. The first kappa shape index (κ1) is 15.6. The Labute approximate surface area is 137 Å². The van der Waals surface area contributed by atoms with Crippen LogP contribution in [0.25, 0.3) is 0 Å². The molecule has 0 radical (unpaired) electrons. The van der Waals surface area contributed by atoms with Crippen molar-refractivity contribution in [2.24, 2.45) is 5.92 Å². The highest BCUT2D eigenvalue weighted by atomic mass is 16.5. The van der Waals surface area contributed by atoms with Crippen molar-refractivity contribution in [2.75, 3.05) is 25.5 Å². The molecular formula is C19H22N2O2. The lowest BCUT2D eigenvalue weighted by Crippen LogP contribution is -2.38. The number of rotatable bonds is 4. The largest absolute Gasteiger partial charge is 0.455 e.